The molecule has 0 aliphatic heterocycles. The lowest BCUT2D eigenvalue weighted by atomic mass is 10.2. The summed E-state index contributed by atoms with van der Waals surface area (Å²) in [5, 5.41) is 21.8. The molecule has 0 radical (unpaired) electrons. The molecule has 0 atom stereocenters. The maximum absolute atomic E-state index is 11.5. The van der Waals surface area contributed by atoms with E-state index in [1.807, 2.05) is 18.2 Å². The van der Waals surface area contributed by atoms with E-state index in [-0.39, 0.29) is 18.2 Å². The highest BCUT2D eigenvalue weighted by Crippen LogP contribution is 2.18. The summed E-state index contributed by atoms with van der Waals surface area (Å²) in [5.74, 6) is -0.368. The number of hydrogen-bond donors (Lipinski definition) is 3. The van der Waals surface area contributed by atoms with Crippen LogP contribution in [0, 0.1) is 0 Å². The van der Waals surface area contributed by atoms with Gasteiger partial charge in [0, 0.05) is 31.3 Å². The van der Waals surface area contributed by atoms with Gasteiger partial charge in [0.15, 0.2) is 0 Å². The summed E-state index contributed by atoms with van der Waals surface area (Å²) < 4.78 is 0.689. The number of unbranched alkanes of at least 4 members (excludes halogenated alkanes) is 1. The quantitative estimate of drug-likeness (QED) is 0.669. The zero-order valence-electron chi connectivity index (χ0n) is 11.4. The van der Waals surface area contributed by atoms with Gasteiger partial charge in [-0.05, 0) is 25.0 Å². The molecule has 0 saturated carbocycles. The van der Waals surface area contributed by atoms with Gasteiger partial charge >= 0.3 is 5.97 Å². The third-order valence-corrected chi connectivity index (χ3v) is 2.77. The lowest BCUT2D eigenvalue weighted by molar-refractivity contribution is -0.145. The molecular weight excluding hydrogens is 274 g/mol. The second kappa shape index (κ2) is 7.18. The van der Waals surface area contributed by atoms with Gasteiger partial charge in [-0.1, -0.05) is 6.07 Å². The van der Waals surface area contributed by atoms with Gasteiger partial charge in [-0.25, -0.2) is 9.78 Å². The van der Waals surface area contributed by atoms with E-state index >= 15 is 0 Å². The number of anilines is 1. The van der Waals surface area contributed by atoms with E-state index in [0.29, 0.717) is 17.7 Å². The van der Waals surface area contributed by atoms with Gasteiger partial charge in [0.1, 0.15) is 5.82 Å². The Bertz CT molecular complexity index is 564. The summed E-state index contributed by atoms with van der Waals surface area (Å²) in [6.07, 6.45) is 3.30. The van der Waals surface area contributed by atoms with Crippen LogP contribution in [0.2, 0.25) is 0 Å². The normalized spacial score (nSPS) is 10.3. The highest BCUT2D eigenvalue weighted by Gasteiger charge is 2.11. The molecule has 112 valence electrons. The van der Waals surface area contributed by atoms with Crippen LogP contribution in [0.3, 0.4) is 0 Å². The molecule has 0 spiro atoms. The molecule has 0 fully saturated rings. The van der Waals surface area contributed by atoms with Gasteiger partial charge in [0.25, 0.3) is 0 Å². The van der Waals surface area contributed by atoms with Crippen LogP contribution in [0.15, 0.2) is 36.5 Å². The third-order valence-electron chi connectivity index (χ3n) is 2.77. The van der Waals surface area contributed by atoms with Crippen LogP contribution in [-0.2, 0) is 4.79 Å². The van der Waals surface area contributed by atoms with Crippen molar-refractivity contribution in [3.8, 4) is 11.8 Å². The minimum Gasteiger partial charge on any atom is -0.492 e. The summed E-state index contributed by atoms with van der Waals surface area (Å²) >= 11 is 0. The van der Waals surface area contributed by atoms with Crippen molar-refractivity contribution < 1.29 is 19.8 Å². The average Bonchev–Trinajstić information content (AvgIpc) is 2.80. The largest absolute Gasteiger partial charge is 0.492 e. The first kappa shape index (κ1) is 14.7. The highest BCUT2D eigenvalue weighted by molar-refractivity contribution is 5.69. The van der Waals surface area contributed by atoms with Crippen molar-refractivity contribution in [1.82, 2.24) is 9.71 Å². The van der Waals surface area contributed by atoms with Crippen LogP contribution < -0.4 is 10.2 Å². The van der Waals surface area contributed by atoms with E-state index in [4.69, 9.17) is 4.84 Å². The van der Waals surface area contributed by atoms with Gasteiger partial charge in [0.05, 0.1) is 0 Å². The minimum absolute atomic E-state index is 0.195. The number of rotatable bonds is 7. The van der Waals surface area contributed by atoms with Crippen LogP contribution >= 0.6 is 0 Å². The number of nitrogens with zero attached hydrogens (tertiary/aromatic N) is 2. The fraction of sp³-hybridized carbons (Fsp3) is 0.286. The summed E-state index contributed by atoms with van der Waals surface area (Å²) in [7, 11) is 0. The number of hydrogen-bond acceptors (Lipinski definition) is 6. The fourth-order valence-corrected chi connectivity index (χ4v) is 1.72. The molecule has 0 saturated heterocycles. The lowest BCUT2D eigenvalue weighted by Gasteiger charge is -2.07. The Hall–Kier alpha value is -2.70. The van der Waals surface area contributed by atoms with Crippen molar-refractivity contribution >= 4 is 11.8 Å². The Balaban J connectivity index is 1.64. The van der Waals surface area contributed by atoms with Crippen LogP contribution in [0.4, 0.5) is 5.82 Å². The van der Waals surface area contributed by atoms with Crippen molar-refractivity contribution in [2.45, 2.75) is 19.3 Å². The number of aromatic nitrogens is 2. The Morgan fingerprint density at radius 3 is 2.62 bits per heavy atom. The number of aromatic hydroxyl groups is 2. The predicted octanol–water partition coefficient (Wildman–Crippen LogP) is 1.53. The zero-order chi connectivity index (χ0) is 15.1. The number of pyridine rings is 1. The van der Waals surface area contributed by atoms with E-state index in [9.17, 15) is 15.0 Å². The van der Waals surface area contributed by atoms with Crippen LogP contribution in [0.1, 0.15) is 19.3 Å². The first-order chi connectivity index (χ1) is 10.2. The summed E-state index contributed by atoms with van der Waals surface area (Å²) in [5.41, 5.74) is 0. The maximum Gasteiger partial charge on any atom is 0.333 e. The summed E-state index contributed by atoms with van der Waals surface area (Å²) in [6, 6.07) is 8.07. The lowest BCUT2D eigenvalue weighted by Crippen LogP contribution is -2.18. The smallest absolute Gasteiger partial charge is 0.333 e. The van der Waals surface area contributed by atoms with E-state index in [2.05, 4.69) is 10.3 Å². The maximum atomic E-state index is 11.5. The first-order valence-corrected chi connectivity index (χ1v) is 6.62. The molecule has 3 N–H and O–H groups in total. The monoisotopic (exact) mass is 291 g/mol. The Morgan fingerprint density at radius 1 is 1.19 bits per heavy atom. The van der Waals surface area contributed by atoms with Crippen LogP contribution in [0.5, 0.6) is 11.8 Å². The molecule has 2 heterocycles. The van der Waals surface area contributed by atoms with Crippen LogP contribution in [-0.4, -0.2) is 32.4 Å². The first-order valence-electron chi connectivity index (χ1n) is 6.62. The van der Waals surface area contributed by atoms with Crippen molar-refractivity contribution in [2.75, 3.05) is 11.9 Å². The molecule has 0 unspecified atom stereocenters. The van der Waals surface area contributed by atoms with E-state index in [0.717, 1.165) is 12.2 Å². The van der Waals surface area contributed by atoms with E-state index in [1.54, 1.807) is 6.20 Å². The average molecular weight is 291 g/mol. The standard InChI is InChI=1S/C14H17N3O4/c18-12-7-8-13(19)17(12)21-14(20)6-2-4-10-16-11-5-1-3-9-15-11/h1,3,5,7-9,18-19H,2,4,6,10H2,(H,15,16). The molecule has 0 aromatic carbocycles. The summed E-state index contributed by atoms with van der Waals surface area (Å²) in [4.78, 5) is 20.5. The number of carbonyl (C=O) groups is 1. The molecule has 2 aromatic rings. The fourth-order valence-electron chi connectivity index (χ4n) is 1.72. The Morgan fingerprint density at radius 2 is 1.95 bits per heavy atom. The molecule has 2 aromatic heterocycles. The molecule has 21 heavy (non-hydrogen) atoms. The van der Waals surface area contributed by atoms with Gasteiger partial charge in [0.2, 0.25) is 11.8 Å². The second-order valence-corrected chi connectivity index (χ2v) is 4.41. The Labute approximate surface area is 121 Å². The van der Waals surface area contributed by atoms with Crippen molar-refractivity contribution in [3.63, 3.8) is 0 Å². The topological polar surface area (TPSA) is 96.6 Å². The van der Waals surface area contributed by atoms with Gasteiger partial charge in [-0.3, -0.25) is 0 Å². The third kappa shape index (κ3) is 4.41. The summed E-state index contributed by atoms with van der Waals surface area (Å²) in [6.45, 7) is 0.699. The Kier molecular flexibility index (Phi) is 5.03. The minimum atomic E-state index is -0.519. The predicted molar refractivity (Wildman–Crippen MR) is 75.9 cm³/mol. The molecule has 0 aliphatic rings. The van der Waals surface area contributed by atoms with E-state index in [1.165, 1.54) is 12.1 Å². The second-order valence-electron chi connectivity index (χ2n) is 4.41. The highest BCUT2D eigenvalue weighted by atomic mass is 16.7. The molecule has 7 heteroatoms. The number of carbonyl (C=O) groups excluding carboxylic acids is 1. The van der Waals surface area contributed by atoms with Crippen LogP contribution in [0.25, 0.3) is 0 Å². The molecule has 2 rings (SSSR count). The van der Waals surface area contributed by atoms with Crippen molar-refractivity contribution in [2.24, 2.45) is 0 Å². The molecular formula is C14H17N3O4. The van der Waals surface area contributed by atoms with Gasteiger partial charge in [-0.15, -0.1) is 4.73 Å². The molecule has 0 bridgehead atoms. The number of nitrogens with one attached hydrogen (secondary N) is 1. The van der Waals surface area contributed by atoms with Gasteiger partial charge in [-0.2, -0.15) is 0 Å². The van der Waals surface area contributed by atoms with E-state index < -0.39 is 5.97 Å². The van der Waals surface area contributed by atoms with Gasteiger partial charge < -0.3 is 20.4 Å². The zero-order valence-corrected chi connectivity index (χ0v) is 11.4. The molecule has 0 aliphatic carbocycles. The SMILES string of the molecule is O=C(CCCCNc1ccccn1)On1c(O)ccc1O. The molecule has 7 nitrogen and oxygen atoms in total. The van der Waals surface area contributed by atoms with Crippen molar-refractivity contribution in [3.05, 3.63) is 36.5 Å². The van der Waals surface area contributed by atoms with Crippen molar-refractivity contribution in [1.29, 1.82) is 0 Å². The molecule has 0 amide bonds.